The number of carboxylic acids is 1. The molecule has 0 aliphatic heterocycles. The Hall–Kier alpha value is -2.57. The van der Waals surface area contributed by atoms with Crippen molar-refractivity contribution in [3.8, 4) is 0 Å². The van der Waals surface area contributed by atoms with Gasteiger partial charge >= 0.3 is 18.0 Å². The highest BCUT2D eigenvalue weighted by molar-refractivity contribution is 5.93. The Labute approximate surface area is 153 Å². The maximum atomic E-state index is 12.0. The number of alkyl carbamates (subject to hydrolysis) is 1. The molecule has 1 unspecified atom stereocenters. The van der Waals surface area contributed by atoms with Crippen molar-refractivity contribution in [2.24, 2.45) is 5.92 Å². The van der Waals surface area contributed by atoms with Crippen molar-refractivity contribution >= 4 is 18.0 Å². The monoisotopic (exact) mass is 365 g/mol. The Kier molecular flexibility index (Phi) is 8.61. The third-order valence-electron chi connectivity index (χ3n) is 3.38. The molecule has 2 N–H and O–H groups in total. The van der Waals surface area contributed by atoms with E-state index >= 15 is 0 Å². The summed E-state index contributed by atoms with van der Waals surface area (Å²) in [4.78, 5) is 34.7. The summed E-state index contributed by atoms with van der Waals surface area (Å²) in [5.41, 5.74) is 0.480. The van der Waals surface area contributed by atoms with E-state index in [1.165, 1.54) is 0 Å². The van der Waals surface area contributed by atoms with Crippen LogP contribution in [-0.2, 0) is 25.5 Å². The molecule has 1 atom stereocenters. The van der Waals surface area contributed by atoms with Gasteiger partial charge in [0, 0.05) is 6.54 Å². The van der Waals surface area contributed by atoms with E-state index in [2.05, 4.69) is 5.32 Å². The first-order valence-corrected chi connectivity index (χ1v) is 8.59. The molecule has 1 aromatic rings. The molecule has 0 spiro atoms. The van der Waals surface area contributed by atoms with Gasteiger partial charge in [-0.25, -0.2) is 4.79 Å². The highest BCUT2D eigenvalue weighted by atomic mass is 16.6. The van der Waals surface area contributed by atoms with Crippen molar-refractivity contribution < 1.29 is 29.0 Å². The molecule has 7 heteroatoms. The summed E-state index contributed by atoms with van der Waals surface area (Å²) >= 11 is 0. The van der Waals surface area contributed by atoms with Crippen LogP contribution in [-0.4, -0.2) is 41.9 Å². The number of carbonyl (C=O) groups is 3. The molecule has 0 saturated heterocycles. The Morgan fingerprint density at radius 2 is 1.81 bits per heavy atom. The zero-order valence-corrected chi connectivity index (χ0v) is 15.5. The molecule has 0 bridgehead atoms. The quantitative estimate of drug-likeness (QED) is 0.396. The number of aliphatic carboxylic acids is 1. The number of aryl methyl sites for hydroxylation is 1. The molecule has 0 radical (unpaired) electrons. The van der Waals surface area contributed by atoms with E-state index in [0.717, 1.165) is 12.0 Å². The van der Waals surface area contributed by atoms with Crippen LogP contribution >= 0.6 is 0 Å². The topological polar surface area (TPSA) is 102 Å². The first kappa shape index (κ1) is 21.5. The standard InChI is InChI=1S/C19H27NO6/c1-19(2,3)26-18(24)20-12-11-15(16(21)22)17(23)25-13-7-10-14-8-5-4-6-9-14/h4-6,8-9,15H,7,10-13H2,1-3H3,(H,20,24)(H,21,22). The van der Waals surface area contributed by atoms with Gasteiger partial charge in [-0.15, -0.1) is 0 Å². The molecule has 0 aliphatic rings. The van der Waals surface area contributed by atoms with Crippen LogP contribution in [0.2, 0.25) is 0 Å². The second-order valence-electron chi connectivity index (χ2n) is 6.86. The summed E-state index contributed by atoms with van der Waals surface area (Å²) in [6.45, 7) is 5.32. The van der Waals surface area contributed by atoms with Crippen LogP contribution in [0.5, 0.6) is 0 Å². The summed E-state index contributed by atoms with van der Waals surface area (Å²) in [7, 11) is 0. The van der Waals surface area contributed by atoms with Gasteiger partial charge in [0.25, 0.3) is 0 Å². The number of carbonyl (C=O) groups excluding carboxylic acids is 2. The number of esters is 1. The molecule has 1 rings (SSSR count). The molecule has 7 nitrogen and oxygen atoms in total. The fourth-order valence-electron chi connectivity index (χ4n) is 2.17. The van der Waals surface area contributed by atoms with Gasteiger partial charge in [-0.1, -0.05) is 30.3 Å². The number of carboxylic acid groups (broad SMARTS) is 1. The lowest BCUT2D eigenvalue weighted by Crippen LogP contribution is -2.35. The summed E-state index contributed by atoms with van der Waals surface area (Å²) in [5.74, 6) is -3.39. The molecule has 144 valence electrons. The van der Waals surface area contributed by atoms with E-state index in [-0.39, 0.29) is 19.6 Å². The van der Waals surface area contributed by atoms with Crippen LogP contribution in [0.1, 0.15) is 39.2 Å². The minimum Gasteiger partial charge on any atom is -0.481 e. The number of hydrogen-bond acceptors (Lipinski definition) is 5. The average Bonchev–Trinajstić information content (AvgIpc) is 2.54. The summed E-state index contributed by atoms with van der Waals surface area (Å²) in [6.07, 6.45) is 0.633. The number of rotatable bonds is 9. The normalized spacial score (nSPS) is 12.1. The maximum Gasteiger partial charge on any atom is 0.407 e. The van der Waals surface area contributed by atoms with E-state index in [1.807, 2.05) is 30.3 Å². The Morgan fingerprint density at radius 1 is 1.15 bits per heavy atom. The van der Waals surface area contributed by atoms with Crippen LogP contribution in [0, 0.1) is 5.92 Å². The highest BCUT2D eigenvalue weighted by Crippen LogP contribution is 2.09. The van der Waals surface area contributed by atoms with Crippen molar-refractivity contribution in [2.45, 2.75) is 45.6 Å². The van der Waals surface area contributed by atoms with Gasteiger partial charge in [0.05, 0.1) is 6.61 Å². The lowest BCUT2D eigenvalue weighted by molar-refractivity contribution is -0.159. The number of amides is 1. The number of ether oxygens (including phenoxy) is 2. The lowest BCUT2D eigenvalue weighted by Gasteiger charge is -2.20. The van der Waals surface area contributed by atoms with Gasteiger partial charge in [0.2, 0.25) is 0 Å². The lowest BCUT2D eigenvalue weighted by atomic mass is 10.1. The van der Waals surface area contributed by atoms with Crippen molar-refractivity contribution in [2.75, 3.05) is 13.2 Å². The molecule has 1 amide bonds. The molecule has 0 fully saturated rings. The molecule has 0 heterocycles. The minimum absolute atomic E-state index is 0.00496. The van der Waals surface area contributed by atoms with Gasteiger partial charge in [-0.3, -0.25) is 9.59 Å². The van der Waals surface area contributed by atoms with Crippen molar-refractivity contribution in [1.29, 1.82) is 0 Å². The summed E-state index contributed by atoms with van der Waals surface area (Å²) in [5, 5.41) is 11.6. The third-order valence-corrected chi connectivity index (χ3v) is 3.38. The van der Waals surface area contributed by atoms with Crippen LogP contribution in [0.15, 0.2) is 30.3 Å². The van der Waals surface area contributed by atoms with E-state index < -0.39 is 29.6 Å². The number of benzene rings is 1. The van der Waals surface area contributed by atoms with Gasteiger partial charge in [-0.05, 0) is 45.6 Å². The molecule has 0 saturated carbocycles. The fourth-order valence-corrected chi connectivity index (χ4v) is 2.17. The van der Waals surface area contributed by atoms with Gasteiger partial charge < -0.3 is 19.9 Å². The van der Waals surface area contributed by atoms with Crippen molar-refractivity contribution in [1.82, 2.24) is 5.32 Å². The number of nitrogens with one attached hydrogen (secondary N) is 1. The molecule has 26 heavy (non-hydrogen) atoms. The molecular weight excluding hydrogens is 338 g/mol. The molecular formula is C19H27NO6. The zero-order valence-electron chi connectivity index (χ0n) is 15.5. The fraction of sp³-hybridized carbons (Fsp3) is 0.526. The van der Waals surface area contributed by atoms with Crippen LogP contribution in [0.25, 0.3) is 0 Å². The largest absolute Gasteiger partial charge is 0.481 e. The van der Waals surface area contributed by atoms with Gasteiger partial charge in [-0.2, -0.15) is 0 Å². The summed E-state index contributed by atoms with van der Waals surface area (Å²) < 4.78 is 10.1. The smallest absolute Gasteiger partial charge is 0.407 e. The molecule has 0 aliphatic carbocycles. The van der Waals surface area contributed by atoms with E-state index in [0.29, 0.717) is 6.42 Å². The van der Waals surface area contributed by atoms with Crippen LogP contribution in [0.3, 0.4) is 0 Å². The SMILES string of the molecule is CC(C)(C)OC(=O)NCCC(C(=O)O)C(=O)OCCCc1ccccc1. The second kappa shape index (κ2) is 10.4. The average molecular weight is 365 g/mol. The molecule has 1 aromatic carbocycles. The first-order chi connectivity index (χ1) is 12.2. The zero-order chi connectivity index (χ0) is 19.6. The van der Waals surface area contributed by atoms with E-state index in [1.54, 1.807) is 20.8 Å². The molecule has 0 aromatic heterocycles. The highest BCUT2D eigenvalue weighted by Gasteiger charge is 2.28. The maximum absolute atomic E-state index is 12.0. The van der Waals surface area contributed by atoms with Crippen molar-refractivity contribution in [3.63, 3.8) is 0 Å². The van der Waals surface area contributed by atoms with E-state index in [4.69, 9.17) is 9.47 Å². The Balaban J connectivity index is 2.32. The first-order valence-electron chi connectivity index (χ1n) is 8.59. The third kappa shape index (κ3) is 9.05. The van der Waals surface area contributed by atoms with Crippen molar-refractivity contribution in [3.05, 3.63) is 35.9 Å². The van der Waals surface area contributed by atoms with Gasteiger partial charge in [0.15, 0.2) is 5.92 Å². The predicted octanol–water partition coefficient (Wildman–Crippen LogP) is 2.78. The second-order valence-corrected chi connectivity index (χ2v) is 6.86. The van der Waals surface area contributed by atoms with E-state index in [9.17, 15) is 19.5 Å². The van der Waals surface area contributed by atoms with Crippen LogP contribution in [0.4, 0.5) is 4.79 Å². The van der Waals surface area contributed by atoms with Crippen LogP contribution < -0.4 is 5.32 Å². The van der Waals surface area contributed by atoms with Gasteiger partial charge in [0.1, 0.15) is 5.60 Å². The number of hydrogen-bond donors (Lipinski definition) is 2. The summed E-state index contributed by atoms with van der Waals surface area (Å²) in [6, 6.07) is 9.74. The Bertz CT molecular complexity index is 594. The predicted molar refractivity (Wildman–Crippen MR) is 95.7 cm³/mol. The Morgan fingerprint density at radius 3 is 2.38 bits per heavy atom. The minimum atomic E-state index is -1.32.